The minimum atomic E-state index is -0.314. The summed E-state index contributed by atoms with van der Waals surface area (Å²) in [5, 5.41) is 9.84. The SMILES string of the molecule is Cc1ccccc1CNC(=O)c1noc(C2CCCN2)n1. The lowest BCUT2D eigenvalue weighted by molar-refractivity contribution is 0.0937. The van der Waals surface area contributed by atoms with Crippen LogP contribution < -0.4 is 10.6 Å². The molecule has 6 heteroatoms. The van der Waals surface area contributed by atoms with Crippen molar-refractivity contribution >= 4 is 5.91 Å². The van der Waals surface area contributed by atoms with Gasteiger partial charge in [-0.15, -0.1) is 0 Å². The highest BCUT2D eigenvalue weighted by atomic mass is 16.5. The summed E-state index contributed by atoms with van der Waals surface area (Å²) in [6.45, 7) is 3.42. The quantitative estimate of drug-likeness (QED) is 0.894. The van der Waals surface area contributed by atoms with Gasteiger partial charge in [0.25, 0.3) is 11.7 Å². The fourth-order valence-corrected chi connectivity index (χ4v) is 2.43. The Kier molecular flexibility index (Phi) is 3.96. The Hall–Kier alpha value is -2.21. The maximum Gasteiger partial charge on any atom is 0.292 e. The number of nitrogens with zero attached hydrogens (tertiary/aromatic N) is 2. The molecule has 0 saturated carbocycles. The molecule has 0 aliphatic carbocycles. The third-order valence-electron chi connectivity index (χ3n) is 3.70. The average molecular weight is 286 g/mol. The van der Waals surface area contributed by atoms with E-state index in [-0.39, 0.29) is 17.8 Å². The summed E-state index contributed by atoms with van der Waals surface area (Å²) in [5.41, 5.74) is 2.22. The maximum absolute atomic E-state index is 12.0. The summed E-state index contributed by atoms with van der Waals surface area (Å²) in [4.78, 5) is 16.2. The van der Waals surface area contributed by atoms with Gasteiger partial charge >= 0.3 is 0 Å². The van der Waals surface area contributed by atoms with Crippen molar-refractivity contribution in [1.29, 1.82) is 0 Å². The van der Waals surface area contributed by atoms with E-state index in [1.54, 1.807) is 0 Å². The van der Waals surface area contributed by atoms with Crippen LogP contribution in [0.4, 0.5) is 0 Å². The van der Waals surface area contributed by atoms with E-state index in [0.717, 1.165) is 30.5 Å². The molecule has 0 bridgehead atoms. The minimum absolute atomic E-state index is 0.0791. The van der Waals surface area contributed by atoms with Gasteiger partial charge in [-0.3, -0.25) is 4.79 Å². The zero-order chi connectivity index (χ0) is 14.7. The molecule has 1 saturated heterocycles. The van der Waals surface area contributed by atoms with Gasteiger partial charge in [0.05, 0.1) is 6.04 Å². The molecule has 1 fully saturated rings. The Balaban J connectivity index is 1.62. The number of hydrogen-bond acceptors (Lipinski definition) is 5. The predicted molar refractivity (Wildman–Crippen MR) is 76.6 cm³/mol. The molecule has 1 aromatic heterocycles. The molecule has 1 aromatic carbocycles. The van der Waals surface area contributed by atoms with Crippen LogP contribution in [-0.2, 0) is 6.54 Å². The molecule has 0 spiro atoms. The number of hydrogen-bond donors (Lipinski definition) is 2. The number of aromatic nitrogens is 2. The zero-order valence-electron chi connectivity index (χ0n) is 11.9. The highest BCUT2D eigenvalue weighted by Gasteiger charge is 2.24. The van der Waals surface area contributed by atoms with Gasteiger partial charge in [0.15, 0.2) is 0 Å². The van der Waals surface area contributed by atoms with Gasteiger partial charge < -0.3 is 15.2 Å². The van der Waals surface area contributed by atoms with E-state index in [2.05, 4.69) is 20.8 Å². The highest BCUT2D eigenvalue weighted by Crippen LogP contribution is 2.21. The predicted octanol–water partition coefficient (Wildman–Crippen LogP) is 1.73. The number of carbonyl (C=O) groups excluding carboxylic acids is 1. The third kappa shape index (κ3) is 3.11. The van der Waals surface area contributed by atoms with Gasteiger partial charge in [-0.05, 0) is 37.4 Å². The standard InChI is InChI=1S/C15H18N4O2/c1-10-5-2-3-6-11(10)9-17-14(20)13-18-15(21-19-13)12-7-4-8-16-12/h2-3,5-6,12,16H,4,7-9H2,1H3,(H,17,20). The molecular formula is C15H18N4O2. The summed E-state index contributed by atoms with van der Waals surface area (Å²) in [6.07, 6.45) is 2.05. The van der Waals surface area contributed by atoms with Gasteiger partial charge in [-0.2, -0.15) is 4.98 Å². The van der Waals surface area contributed by atoms with E-state index in [0.29, 0.717) is 12.4 Å². The van der Waals surface area contributed by atoms with E-state index in [1.165, 1.54) is 0 Å². The molecular weight excluding hydrogens is 268 g/mol. The number of amides is 1. The molecule has 1 atom stereocenters. The second-order valence-electron chi connectivity index (χ2n) is 5.21. The first-order valence-electron chi connectivity index (χ1n) is 7.14. The van der Waals surface area contributed by atoms with Crippen molar-refractivity contribution in [2.45, 2.75) is 32.4 Å². The van der Waals surface area contributed by atoms with E-state index >= 15 is 0 Å². The summed E-state index contributed by atoms with van der Waals surface area (Å²) >= 11 is 0. The molecule has 1 aliphatic heterocycles. The molecule has 1 amide bonds. The fraction of sp³-hybridized carbons (Fsp3) is 0.400. The Labute approximate surface area is 122 Å². The first-order valence-corrected chi connectivity index (χ1v) is 7.14. The molecule has 2 aromatic rings. The van der Waals surface area contributed by atoms with Gasteiger partial charge in [0, 0.05) is 6.54 Å². The Bertz CT molecular complexity index is 632. The van der Waals surface area contributed by atoms with Crippen LogP contribution in [0.25, 0.3) is 0 Å². The first kappa shape index (κ1) is 13.8. The lowest BCUT2D eigenvalue weighted by Gasteiger charge is -2.05. The number of carbonyl (C=O) groups is 1. The second kappa shape index (κ2) is 6.05. The fourth-order valence-electron chi connectivity index (χ4n) is 2.43. The average Bonchev–Trinajstić information content (AvgIpc) is 3.16. The molecule has 1 unspecified atom stereocenters. The largest absolute Gasteiger partial charge is 0.345 e. The first-order chi connectivity index (χ1) is 10.2. The lowest BCUT2D eigenvalue weighted by atomic mass is 10.1. The molecule has 2 heterocycles. The Morgan fingerprint density at radius 2 is 2.33 bits per heavy atom. The van der Waals surface area contributed by atoms with Crippen LogP contribution in [0, 0.1) is 6.92 Å². The topological polar surface area (TPSA) is 80.0 Å². The zero-order valence-corrected chi connectivity index (χ0v) is 11.9. The monoisotopic (exact) mass is 286 g/mol. The normalized spacial score (nSPS) is 17.9. The summed E-state index contributed by atoms with van der Waals surface area (Å²) < 4.78 is 5.16. The van der Waals surface area contributed by atoms with E-state index in [1.807, 2.05) is 31.2 Å². The number of aryl methyl sites for hydroxylation is 1. The molecule has 0 radical (unpaired) electrons. The van der Waals surface area contributed by atoms with Crippen LogP contribution in [0.1, 0.15) is 46.5 Å². The lowest BCUT2D eigenvalue weighted by Crippen LogP contribution is -2.24. The van der Waals surface area contributed by atoms with Crippen LogP contribution >= 0.6 is 0 Å². The Morgan fingerprint density at radius 3 is 3.10 bits per heavy atom. The van der Waals surface area contributed by atoms with Gasteiger partial charge in [0.1, 0.15) is 0 Å². The second-order valence-corrected chi connectivity index (χ2v) is 5.21. The van der Waals surface area contributed by atoms with Gasteiger partial charge in [-0.1, -0.05) is 29.4 Å². The van der Waals surface area contributed by atoms with Gasteiger partial charge in [-0.25, -0.2) is 0 Å². The van der Waals surface area contributed by atoms with Crippen LogP contribution in [0.3, 0.4) is 0 Å². The molecule has 1 aliphatic rings. The summed E-state index contributed by atoms with van der Waals surface area (Å²) in [6, 6.07) is 8.00. The minimum Gasteiger partial charge on any atom is -0.345 e. The van der Waals surface area contributed by atoms with Crippen molar-refractivity contribution in [3.05, 3.63) is 47.1 Å². The van der Waals surface area contributed by atoms with Crippen molar-refractivity contribution in [3.8, 4) is 0 Å². The van der Waals surface area contributed by atoms with Crippen LogP contribution in [0.2, 0.25) is 0 Å². The summed E-state index contributed by atoms with van der Waals surface area (Å²) in [7, 11) is 0. The highest BCUT2D eigenvalue weighted by molar-refractivity contribution is 5.90. The molecule has 3 rings (SSSR count). The number of nitrogens with one attached hydrogen (secondary N) is 2. The molecule has 110 valence electrons. The molecule has 6 nitrogen and oxygen atoms in total. The van der Waals surface area contributed by atoms with E-state index < -0.39 is 0 Å². The van der Waals surface area contributed by atoms with Crippen LogP contribution in [-0.4, -0.2) is 22.6 Å². The number of benzene rings is 1. The van der Waals surface area contributed by atoms with Gasteiger partial charge in [0.2, 0.25) is 5.89 Å². The third-order valence-corrected chi connectivity index (χ3v) is 3.70. The van der Waals surface area contributed by atoms with Crippen molar-refractivity contribution in [1.82, 2.24) is 20.8 Å². The van der Waals surface area contributed by atoms with Crippen molar-refractivity contribution in [3.63, 3.8) is 0 Å². The number of rotatable bonds is 4. The van der Waals surface area contributed by atoms with Crippen molar-refractivity contribution in [2.75, 3.05) is 6.54 Å². The molecule has 2 N–H and O–H groups in total. The Morgan fingerprint density at radius 1 is 1.48 bits per heavy atom. The van der Waals surface area contributed by atoms with Crippen LogP contribution in [0.15, 0.2) is 28.8 Å². The van der Waals surface area contributed by atoms with E-state index in [4.69, 9.17) is 4.52 Å². The van der Waals surface area contributed by atoms with E-state index in [9.17, 15) is 4.79 Å². The van der Waals surface area contributed by atoms with Crippen molar-refractivity contribution < 1.29 is 9.32 Å². The smallest absolute Gasteiger partial charge is 0.292 e. The van der Waals surface area contributed by atoms with Crippen LogP contribution in [0.5, 0.6) is 0 Å². The maximum atomic E-state index is 12.0. The summed E-state index contributed by atoms with van der Waals surface area (Å²) in [5.74, 6) is 0.270. The van der Waals surface area contributed by atoms with Crippen molar-refractivity contribution in [2.24, 2.45) is 0 Å². The molecule has 21 heavy (non-hydrogen) atoms.